The minimum absolute atomic E-state index is 0.0980. The summed E-state index contributed by atoms with van der Waals surface area (Å²) in [5.74, 6) is -0.114. The average molecular weight is 398 g/mol. The molecule has 3 aromatic rings. The number of amides is 1. The topological polar surface area (TPSA) is 64.3 Å². The number of para-hydroxylation sites is 1. The molecule has 0 bridgehead atoms. The van der Waals surface area contributed by atoms with Gasteiger partial charge in [0.05, 0.1) is 16.6 Å². The SMILES string of the molecule is Cc1ccc(-n2c(=O)c3ccccc3n(CC(=O)N3CCCC3)c2=O)cc1Cl. The van der Waals surface area contributed by atoms with Gasteiger partial charge in [0.15, 0.2) is 0 Å². The van der Waals surface area contributed by atoms with Crippen molar-refractivity contribution in [2.24, 2.45) is 0 Å². The molecule has 0 N–H and O–H groups in total. The second kappa shape index (κ2) is 7.28. The van der Waals surface area contributed by atoms with E-state index in [9.17, 15) is 14.4 Å². The van der Waals surface area contributed by atoms with Crippen molar-refractivity contribution in [2.45, 2.75) is 26.3 Å². The van der Waals surface area contributed by atoms with Crippen LogP contribution in [0.5, 0.6) is 0 Å². The lowest BCUT2D eigenvalue weighted by molar-refractivity contribution is -0.130. The zero-order valence-electron chi connectivity index (χ0n) is 15.5. The van der Waals surface area contributed by atoms with E-state index in [4.69, 9.17) is 11.6 Å². The number of hydrogen-bond acceptors (Lipinski definition) is 3. The summed E-state index contributed by atoms with van der Waals surface area (Å²) in [6, 6.07) is 11.9. The Morgan fingerprint density at radius 1 is 1.07 bits per heavy atom. The molecule has 28 heavy (non-hydrogen) atoms. The van der Waals surface area contributed by atoms with Gasteiger partial charge in [-0.15, -0.1) is 0 Å². The van der Waals surface area contributed by atoms with E-state index in [0.717, 1.165) is 23.0 Å². The van der Waals surface area contributed by atoms with E-state index in [1.165, 1.54) is 4.57 Å². The van der Waals surface area contributed by atoms with Crippen molar-refractivity contribution >= 4 is 28.4 Å². The van der Waals surface area contributed by atoms with Crippen LogP contribution in [0.1, 0.15) is 18.4 Å². The Labute approximate surface area is 166 Å². The first-order chi connectivity index (χ1) is 13.5. The predicted molar refractivity (Wildman–Crippen MR) is 109 cm³/mol. The summed E-state index contributed by atoms with van der Waals surface area (Å²) in [6.07, 6.45) is 1.95. The van der Waals surface area contributed by atoms with Gasteiger partial charge in [-0.2, -0.15) is 0 Å². The van der Waals surface area contributed by atoms with Crippen LogP contribution in [-0.2, 0) is 11.3 Å². The third kappa shape index (κ3) is 3.14. The highest BCUT2D eigenvalue weighted by atomic mass is 35.5. The summed E-state index contributed by atoms with van der Waals surface area (Å²) in [4.78, 5) is 40.8. The van der Waals surface area contributed by atoms with Crippen molar-refractivity contribution in [3.8, 4) is 5.69 Å². The summed E-state index contributed by atoms with van der Waals surface area (Å²) in [5.41, 5.74) is 0.726. The van der Waals surface area contributed by atoms with Crippen LogP contribution in [0.4, 0.5) is 0 Å². The minimum Gasteiger partial charge on any atom is -0.341 e. The molecule has 0 atom stereocenters. The number of likely N-dealkylation sites (tertiary alicyclic amines) is 1. The van der Waals surface area contributed by atoms with Gasteiger partial charge in [-0.05, 0) is 49.6 Å². The molecule has 4 rings (SSSR count). The van der Waals surface area contributed by atoms with Crippen LogP contribution in [-0.4, -0.2) is 33.0 Å². The van der Waals surface area contributed by atoms with Gasteiger partial charge in [0, 0.05) is 18.1 Å². The van der Waals surface area contributed by atoms with Gasteiger partial charge in [0.2, 0.25) is 5.91 Å². The van der Waals surface area contributed by atoms with E-state index in [2.05, 4.69) is 0 Å². The first-order valence-corrected chi connectivity index (χ1v) is 9.64. The van der Waals surface area contributed by atoms with Crippen molar-refractivity contribution < 1.29 is 4.79 Å². The van der Waals surface area contributed by atoms with Gasteiger partial charge in [0.25, 0.3) is 5.56 Å². The van der Waals surface area contributed by atoms with Crippen LogP contribution in [0.25, 0.3) is 16.6 Å². The summed E-state index contributed by atoms with van der Waals surface area (Å²) in [5, 5.41) is 0.852. The molecule has 1 aliphatic heterocycles. The molecule has 144 valence electrons. The molecule has 1 fully saturated rings. The van der Waals surface area contributed by atoms with Crippen molar-refractivity contribution in [1.29, 1.82) is 0 Å². The van der Waals surface area contributed by atoms with Gasteiger partial charge in [0.1, 0.15) is 6.54 Å². The molecule has 0 aliphatic carbocycles. The summed E-state index contributed by atoms with van der Waals surface area (Å²) >= 11 is 6.21. The maximum Gasteiger partial charge on any atom is 0.336 e. The number of benzene rings is 2. The maximum atomic E-state index is 13.3. The molecule has 6 nitrogen and oxygen atoms in total. The van der Waals surface area contributed by atoms with E-state index in [1.807, 2.05) is 6.92 Å². The van der Waals surface area contributed by atoms with Crippen LogP contribution < -0.4 is 11.2 Å². The molecule has 1 aliphatic rings. The van der Waals surface area contributed by atoms with Gasteiger partial charge < -0.3 is 4.90 Å². The monoisotopic (exact) mass is 397 g/mol. The second-order valence-corrected chi connectivity index (χ2v) is 7.46. The number of carbonyl (C=O) groups is 1. The van der Waals surface area contributed by atoms with E-state index in [-0.39, 0.29) is 12.5 Å². The van der Waals surface area contributed by atoms with E-state index in [0.29, 0.717) is 34.7 Å². The van der Waals surface area contributed by atoms with Gasteiger partial charge >= 0.3 is 5.69 Å². The van der Waals surface area contributed by atoms with Crippen LogP contribution in [0.15, 0.2) is 52.1 Å². The fourth-order valence-electron chi connectivity index (χ4n) is 3.62. The molecule has 2 heterocycles. The Morgan fingerprint density at radius 3 is 2.50 bits per heavy atom. The third-order valence-corrected chi connectivity index (χ3v) is 5.62. The van der Waals surface area contributed by atoms with E-state index >= 15 is 0 Å². The number of aromatic nitrogens is 2. The molecule has 1 amide bonds. The minimum atomic E-state index is -0.545. The summed E-state index contributed by atoms with van der Waals surface area (Å²) in [6.45, 7) is 3.17. The van der Waals surface area contributed by atoms with Crippen LogP contribution in [0, 0.1) is 6.92 Å². The van der Waals surface area contributed by atoms with Crippen molar-refractivity contribution in [1.82, 2.24) is 14.0 Å². The smallest absolute Gasteiger partial charge is 0.336 e. The number of aryl methyl sites for hydroxylation is 1. The fraction of sp³-hybridized carbons (Fsp3) is 0.286. The number of nitrogens with zero attached hydrogens (tertiary/aromatic N) is 3. The quantitative estimate of drug-likeness (QED) is 0.682. The first kappa shape index (κ1) is 18.5. The zero-order chi connectivity index (χ0) is 19.8. The molecule has 1 saturated heterocycles. The summed E-state index contributed by atoms with van der Waals surface area (Å²) in [7, 11) is 0. The molecule has 0 saturated carbocycles. The Morgan fingerprint density at radius 2 is 1.79 bits per heavy atom. The largest absolute Gasteiger partial charge is 0.341 e. The number of carbonyl (C=O) groups excluding carboxylic acids is 1. The van der Waals surface area contributed by atoms with Gasteiger partial charge in [-0.1, -0.05) is 29.8 Å². The maximum absolute atomic E-state index is 13.3. The number of fused-ring (bicyclic) bond motifs is 1. The Balaban J connectivity index is 1.93. The number of halogens is 1. The van der Waals surface area contributed by atoms with Crippen molar-refractivity contribution in [3.05, 3.63) is 73.9 Å². The molecule has 2 aromatic carbocycles. The zero-order valence-corrected chi connectivity index (χ0v) is 16.3. The standard InChI is InChI=1S/C21H20ClN3O3/c1-14-8-9-15(12-17(14)22)25-20(27)16-6-2-3-7-18(16)24(21(25)28)13-19(26)23-10-4-5-11-23/h2-3,6-9,12H,4-5,10-11,13H2,1H3. The van der Waals surface area contributed by atoms with E-state index in [1.54, 1.807) is 47.4 Å². The Kier molecular flexibility index (Phi) is 4.81. The number of hydrogen-bond donors (Lipinski definition) is 0. The first-order valence-electron chi connectivity index (χ1n) is 9.26. The van der Waals surface area contributed by atoms with Gasteiger partial charge in [-0.3, -0.25) is 14.2 Å². The highest BCUT2D eigenvalue weighted by Crippen LogP contribution is 2.19. The second-order valence-electron chi connectivity index (χ2n) is 7.05. The van der Waals surface area contributed by atoms with Crippen LogP contribution in [0.3, 0.4) is 0 Å². The average Bonchev–Trinajstić information content (AvgIpc) is 3.23. The molecule has 1 aromatic heterocycles. The third-order valence-electron chi connectivity index (χ3n) is 5.22. The van der Waals surface area contributed by atoms with E-state index < -0.39 is 11.2 Å². The normalized spacial score (nSPS) is 14.0. The Bertz CT molecular complexity index is 1190. The Hall–Kier alpha value is -2.86. The molecular formula is C21H20ClN3O3. The predicted octanol–water partition coefficient (Wildman–Crippen LogP) is 2.74. The lowest BCUT2D eigenvalue weighted by atomic mass is 10.2. The van der Waals surface area contributed by atoms with Crippen molar-refractivity contribution in [3.63, 3.8) is 0 Å². The highest BCUT2D eigenvalue weighted by molar-refractivity contribution is 6.31. The highest BCUT2D eigenvalue weighted by Gasteiger charge is 2.21. The van der Waals surface area contributed by atoms with Crippen molar-refractivity contribution in [2.75, 3.05) is 13.1 Å². The van der Waals surface area contributed by atoms with Crippen LogP contribution in [0.2, 0.25) is 5.02 Å². The molecule has 0 unspecified atom stereocenters. The molecular weight excluding hydrogens is 378 g/mol. The molecule has 0 radical (unpaired) electrons. The fourth-order valence-corrected chi connectivity index (χ4v) is 3.80. The lowest BCUT2D eigenvalue weighted by Gasteiger charge is -2.18. The molecule has 0 spiro atoms. The van der Waals surface area contributed by atoms with Crippen LogP contribution >= 0.6 is 11.6 Å². The van der Waals surface area contributed by atoms with Gasteiger partial charge in [-0.25, -0.2) is 9.36 Å². The lowest BCUT2D eigenvalue weighted by Crippen LogP contribution is -2.42. The number of rotatable bonds is 3. The molecule has 7 heteroatoms. The summed E-state index contributed by atoms with van der Waals surface area (Å²) < 4.78 is 2.47.